The minimum Gasteiger partial charge on any atom is -0.477 e. The lowest BCUT2D eigenvalue weighted by Crippen LogP contribution is -2.09. The van der Waals surface area contributed by atoms with Crippen molar-refractivity contribution in [2.45, 2.75) is 19.8 Å². The van der Waals surface area contributed by atoms with E-state index in [1.165, 1.54) is 12.1 Å². The van der Waals surface area contributed by atoms with Crippen molar-refractivity contribution >= 4 is 28.1 Å². The number of nitrogens with zero attached hydrogens (tertiary/aromatic N) is 2. The predicted molar refractivity (Wildman–Crippen MR) is 77.6 cm³/mol. The van der Waals surface area contributed by atoms with E-state index in [2.05, 4.69) is 4.98 Å². The highest BCUT2D eigenvalue weighted by molar-refractivity contribution is 7.17. The highest BCUT2D eigenvalue weighted by atomic mass is 32.1. The van der Waals surface area contributed by atoms with E-state index in [1.807, 2.05) is 13.8 Å². The smallest absolute Gasteiger partial charge is 0.347 e. The first-order valence-electron chi connectivity index (χ1n) is 6.13. The summed E-state index contributed by atoms with van der Waals surface area (Å²) in [7, 11) is 1.74. The standard InChI is InChI=1S/C14H15FN2O2S/c1-8(2)11-12(13(18)19)20-14(16-11)17(3)10-6-4-5-9(15)7-10/h4-8H,1-3H3,(H,18,19). The van der Waals surface area contributed by atoms with Gasteiger partial charge in [-0.1, -0.05) is 31.3 Å². The minimum absolute atomic E-state index is 0.0204. The molecule has 2 aromatic rings. The Labute approximate surface area is 120 Å². The summed E-state index contributed by atoms with van der Waals surface area (Å²) in [5.74, 6) is -1.30. The summed E-state index contributed by atoms with van der Waals surface area (Å²) in [4.78, 5) is 17.5. The molecule has 1 N–H and O–H groups in total. The fraction of sp³-hybridized carbons (Fsp3) is 0.286. The SMILES string of the molecule is CC(C)c1nc(N(C)c2cccc(F)c2)sc1C(=O)O. The van der Waals surface area contributed by atoms with E-state index in [-0.39, 0.29) is 16.6 Å². The van der Waals surface area contributed by atoms with Gasteiger partial charge in [0.25, 0.3) is 0 Å². The Bertz CT molecular complexity index is 640. The molecule has 0 aliphatic rings. The van der Waals surface area contributed by atoms with Crippen LogP contribution in [0.4, 0.5) is 15.2 Å². The molecule has 0 unspecified atom stereocenters. The molecule has 20 heavy (non-hydrogen) atoms. The Kier molecular flexibility index (Phi) is 4.04. The Hall–Kier alpha value is -1.95. The van der Waals surface area contributed by atoms with Crippen molar-refractivity contribution in [3.8, 4) is 0 Å². The third-order valence-corrected chi connectivity index (χ3v) is 4.00. The van der Waals surface area contributed by atoms with Gasteiger partial charge in [0, 0.05) is 12.7 Å². The van der Waals surface area contributed by atoms with E-state index >= 15 is 0 Å². The second kappa shape index (κ2) is 5.58. The van der Waals surface area contributed by atoms with Crippen LogP contribution in [0, 0.1) is 5.82 Å². The maximum Gasteiger partial charge on any atom is 0.347 e. The molecule has 0 saturated heterocycles. The molecule has 0 radical (unpaired) electrons. The van der Waals surface area contributed by atoms with Crippen LogP contribution in [-0.4, -0.2) is 23.1 Å². The fourth-order valence-corrected chi connectivity index (χ4v) is 2.85. The van der Waals surface area contributed by atoms with Gasteiger partial charge in [-0.25, -0.2) is 14.2 Å². The molecule has 0 aliphatic heterocycles. The average molecular weight is 294 g/mol. The van der Waals surface area contributed by atoms with Crippen LogP contribution in [-0.2, 0) is 0 Å². The van der Waals surface area contributed by atoms with Gasteiger partial charge < -0.3 is 10.0 Å². The Balaban J connectivity index is 2.42. The zero-order chi connectivity index (χ0) is 14.9. The van der Waals surface area contributed by atoms with Gasteiger partial charge in [0.05, 0.1) is 5.69 Å². The van der Waals surface area contributed by atoms with Crippen LogP contribution in [0.25, 0.3) is 0 Å². The summed E-state index contributed by atoms with van der Waals surface area (Å²) >= 11 is 1.10. The third-order valence-electron chi connectivity index (χ3n) is 2.87. The van der Waals surface area contributed by atoms with Crippen molar-refractivity contribution in [1.29, 1.82) is 0 Å². The number of hydrogen-bond acceptors (Lipinski definition) is 4. The highest BCUT2D eigenvalue weighted by Gasteiger charge is 2.21. The van der Waals surface area contributed by atoms with E-state index < -0.39 is 5.97 Å². The molecule has 0 aliphatic carbocycles. The zero-order valence-corrected chi connectivity index (χ0v) is 12.2. The minimum atomic E-state index is -0.981. The number of carboxylic acid groups (broad SMARTS) is 1. The van der Waals surface area contributed by atoms with Crippen molar-refractivity contribution < 1.29 is 14.3 Å². The van der Waals surface area contributed by atoms with Crippen molar-refractivity contribution in [2.75, 3.05) is 11.9 Å². The van der Waals surface area contributed by atoms with E-state index in [0.717, 1.165) is 11.3 Å². The van der Waals surface area contributed by atoms with Crippen LogP contribution >= 0.6 is 11.3 Å². The Morgan fingerprint density at radius 1 is 1.45 bits per heavy atom. The summed E-state index contributed by atoms with van der Waals surface area (Å²) < 4.78 is 13.2. The monoisotopic (exact) mass is 294 g/mol. The fourth-order valence-electron chi connectivity index (χ4n) is 1.80. The lowest BCUT2D eigenvalue weighted by molar-refractivity contribution is 0.0700. The van der Waals surface area contributed by atoms with Gasteiger partial charge in [0.1, 0.15) is 10.7 Å². The lowest BCUT2D eigenvalue weighted by Gasteiger charge is -2.15. The van der Waals surface area contributed by atoms with E-state index in [1.54, 1.807) is 24.1 Å². The summed E-state index contributed by atoms with van der Waals surface area (Å²) in [5.41, 5.74) is 1.19. The number of anilines is 2. The van der Waals surface area contributed by atoms with Crippen molar-refractivity contribution in [3.63, 3.8) is 0 Å². The normalized spacial score (nSPS) is 10.8. The third kappa shape index (κ3) is 2.80. The first-order valence-corrected chi connectivity index (χ1v) is 6.95. The topological polar surface area (TPSA) is 53.4 Å². The maximum absolute atomic E-state index is 13.2. The number of halogens is 1. The second-order valence-electron chi connectivity index (χ2n) is 4.71. The number of carbonyl (C=O) groups is 1. The molecule has 0 amide bonds. The quantitative estimate of drug-likeness (QED) is 0.930. The van der Waals surface area contributed by atoms with Gasteiger partial charge in [-0.15, -0.1) is 0 Å². The number of carboxylic acids is 1. The number of thiazole rings is 1. The summed E-state index contributed by atoms with van der Waals surface area (Å²) in [6.45, 7) is 3.79. The predicted octanol–water partition coefficient (Wildman–Crippen LogP) is 3.87. The van der Waals surface area contributed by atoms with Crippen LogP contribution in [0.3, 0.4) is 0 Å². The summed E-state index contributed by atoms with van der Waals surface area (Å²) in [5, 5.41) is 9.75. The molecule has 6 heteroatoms. The number of hydrogen-bond donors (Lipinski definition) is 1. The van der Waals surface area contributed by atoms with Crippen LogP contribution < -0.4 is 4.90 Å². The Morgan fingerprint density at radius 2 is 2.15 bits per heavy atom. The molecule has 4 nitrogen and oxygen atoms in total. The number of benzene rings is 1. The van der Waals surface area contributed by atoms with E-state index in [4.69, 9.17) is 0 Å². The van der Waals surface area contributed by atoms with E-state index in [9.17, 15) is 14.3 Å². The van der Waals surface area contributed by atoms with Crippen molar-refractivity contribution in [2.24, 2.45) is 0 Å². The molecule has 1 heterocycles. The number of aromatic nitrogens is 1. The highest BCUT2D eigenvalue weighted by Crippen LogP contribution is 2.33. The van der Waals surface area contributed by atoms with Crippen LogP contribution in [0.5, 0.6) is 0 Å². The van der Waals surface area contributed by atoms with Gasteiger partial charge >= 0.3 is 5.97 Å². The van der Waals surface area contributed by atoms with Crippen LogP contribution in [0.2, 0.25) is 0 Å². The van der Waals surface area contributed by atoms with Gasteiger partial charge in [-0.3, -0.25) is 0 Å². The van der Waals surface area contributed by atoms with E-state index in [0.29, 0.717) is 16.5 Å². The molecule has 1 aromatic carbocycles. The van der Waals surface area contributed by atoms with Gasteiger partial charge in [-0.05, 0) is 24.1 Å². The second-order valence-corrected chi connectivity index (χ2v) is 5.69. The van der Waals surface area contributed by atoms with Crippen molar-refractivity contribution in [3.05, 3.63) is 40.7 Å². The first kappa shape index (κ1) is 14.5. The Morgan fingerprint density at radius 3 is 2.65 bits per heavy atom. The summed E-state index contributed by atoms with van der Waals surface area (Å²) in [6.07, 6.45) is 0. The summed E-state index contributed by atoms with van der Waals surface area (Å²) in [6, 6.07) is 6.11. The molecule has 2 rings (SSSR count). The average Bonchev–Trinajstić information content (AvgIpc) is 2.83. The lowest BCUT2D eigenvalue weighted by atomic mass is 10.1. The maximum atomic E-state index is 13.2. The molecule has 0 bridgehead atoms. The molecule has 0 atom stereocenters. The molecular formula is C14H15FN2O2S. The molecule has 0 spiro atoms. The molecule has 0 fully saturated rings. The number of rotatable bonds is 4. The van der Waals surface area contributed by atoms with Gasteiger partial charge in [0.2, 0.25) is 0 Å². The molecule has 1 aromatic heterocycles. The first-order chi connectivity index (χ1) is 9.40. The van der Waals surface area contributed by atoms with Crippen molar-refractivity contribution in [1.82, 2.24) is 4.98 Å². The molecular weight excluding hydrogens is 279 g/mol. The van der Waals surface area contributed by atoms with Gasteiger partial charge in [0.15, 0.2) is 5.13 Å². The van der Waals surface area contributed by atoms with Crippen LogP contribution in [0.1, 0.15) is 35.1 Å². The zero-order valence-electron chi connectivity index (χ0n) is 11.4. The number of aromatic carboxylic acids is 1. The van der Waals surface area contributed by atoms with Gasteiger partial charge in [-0.2, -0.15) is 0 Å². The molecule has 106 valence electrons. The molecule has 0 saturated carbocycles. The largest absolute Gasteiger partial charge is 0.477 e. The van der Waals surface area contributed by atoms with Crippen LogP contribution in [0.15, 0.2) is 24.3 Å².